The average molecular weight is 197 g/mol. The number of nitrogens with one attached hydrogen (secondary N) is 1. The minimum absolute atomic E-state index is 0.630. The lowest BCUT2D eigenvalue weighted by atomic mass is 10.2. The minimum Gasteiger partial charge on any atom is -0.347 e. The zero-order valence-corrected chi connectivity index (χ0v) is 8.90. The molecule has 2 heterocycles. The van der Waals surface area contributed by atoms with Crippen LogP contribution in [0, 0.1) is 6.92 Å². The molecule has 2 rings (SSSR count). The van der Waals surface area contributed by atoms with Crippen molar-refractivity contribution in [2.45, 2.75) is 19.4 Å². The topological polar surface area (TPSA) is 28.2 Å². The molecule has 1 saturated heterocycles. The van der Waals surface area contributed by atoms with Crippen molar-refractivity contribution in [1.82, 2.24) is 10.3 Å². The van der Waals surface area contributed by atoms with Crippen molar-refractivity contribution in [1.29, 1.82) is 0 Å². The summed E-state index contributed by atoms with van der Waals surface area (Å²) in [4.78, 5) is 6.76. The van der Waals surface area contributed by atoms with E-state index in [0.717, 1.165) is 23.9 Å². The van der Waals surface area contributed by atoms with E-state index in [1.54, 1.807) is 11.3 Å². The predicted octanol–water partition coefficient (Wildman–Crippen LogP) is 1.25. The molecule has 0 amide bonds. The van der Waals surface area contributed by atoms with Gasteiger partial charge in [-0.05, 0) is 19.9 Å². The molecule has 1 aromatic rings. The summed E-state index contributed by atoms with van der Waals surface area (Å²) in [5, 5.41) is 6.61. The van der Waals surface area contributed by atoms with Gasteiger partial charge in [-0.1, -0.05) is 0 Å². The molecule has 3 nitrogen and oxygen atoms in total. The number of aromatic nitrogens is 1. The Morgan fingerprint density at radius 1 is 1.69 bits per heavy atom. The summed E-state index contributed by atoms with van der Waals surface area (Å²) >= 11 is 1.73. The van der Waals surface area contributed by atoms with Crippen molar-refractivity contribution in [3.63, 3.8) is 0 Å². The molecule has 1 unspecified atom stereocenters. The molecule has 0 saturated carbocycles. The lowest BCUT2D eigenvalue weighted by Crippen LogP contribution is -2.33. The third-order valence-corrected chi connectivity index (χ3v) is 3.54. The quantitative estimate of drug-likeness (QED) is 0.773. The van der Waals surface area contributed by atoms with Crippen LogP contribution in [0.1, 0.15) is 12.1 Å². The Morgan fingerprint density at radius 3 is 3.08 bits per heavy atom. The van der Waals surface area contributed by atoms with Crippen LogP contribution in [0.4, 0.5) is 5.13 Å². The number of nitrogens with zero attached hydrogens (tertiary/aromatic N) is 2. The fourth-order valence-electron chi connectivity index (χ4n) is 1.63. The summed E-state index contributed by atoms with van der Waals surface area (Å²) in [6.07, 6.45) is 1.23. The average Bonchev–Trinajstić information content (AvgIpc) is 2.72. The van der Waals surface area contributed by atoms with Gasteiger partial charge in [-0.3, -0.25) is 0 Å². The van der Waals surface area contributed by atoms with E-state index in [9.17, 15) is 0 Å². The van der Waals surface area contributed by atoms with Gasteiger partial charge in [0.1, 0.15) is 0 Å². The molecule has 1 aliphatic rings. The molecule has 0 radical (unpaired) electrons. The molecule has 72 valence electrons. The third kappa shape index (κ3) is 1.84. The van der Waals surface area contributed by atoms with Crippen molar-refractivity contribution < 1.29 is 0 Å². The molecule has 1 aliphatic heterocycles. The first-order chi connectivity index (χ1) is 6.27. The minimum atomic E-state index is 0.630. The standard InChI is InChI=1S/C9H15N3S/c1-7-6-13-9(11-7)12(2)8-3-4-10-5-8/h6,8,10H,3-5H2,1-2H3. The first-order valence-electron chi connectivity index (χ1n) is 4.63. The van der Waals surface area contributed by atoms with Crippen molar-refractivity contribution in [2.75, 3.05) is 25.0 Å². The highest BCUT2D eigenvalue weighted by molar-refractivity contribution is 7.13. The van der Waals surface area contributed by atoms with Gasteiger partial charge in [0.25, 0.3) is 0 Å². The van der Waals surface area contributed by atoms with Crippen LogP contribution in [0.15, 0.2) is 5.38 Å². The second kappa shape index (κ2) is 3.64. The molecule has 0 aliphatic carbocycles. The van der Waals surface area contributed by atoms with Crippen LogP contribution >= 0.6 is 11.3 Å². The van der Waals surface area contributed by atoms with Crippen LogP contribution in [0.3, 0.4) is 0 Å². The van der Waals surface area contributed by atoms with E-state index in [1.165, 1.54) is 6.42 Å². The molecule has 1 fully saturated rings. The van der Waals surface area contributed by atoms with Crippen molar-refractivity contribution in [3.8, 4) is 0 Å². The van der Waals surface area contributed by atoms with Crippen LogP contribution in [0.5, 0.6) is 0 Å². The fraction of sp³-hybridized carbons (Fsp3) is 0.667. The van der Waals surface area contributed by atoms with Crippen LogP contribution in [0.2, 0.25) is 0 Å². The van der Waals surface area contributed by atoms with Crippen molar-refractivity contribution in [3.05, 3.63) is 11.1 Å². The van der Waals surface area contributed by atoms with Crippen LogP contribution < -0.4 is 10.2 Å². The summed E-state index contributed by atoms with van der Waals surface area (Å²) < 4.78 is 0. The lowest BCUT2D eigenvalue weighted by molar-refractivity contribution is 0.683. The number of aryl methyl sites for hydroxylation is 1. The monoisotopic (exact) mass is 197 g/mol. The highest BCUT2D eigenvalue weighted by Gasteiger charge is 2.20. The van der Waals surface area contributed by atoms with Gasteiger partial charge >= 0.3 is 0 Å². The molecule has 13 heavy (non-hydrogen) atoms. The van der Waals surface area contributed by atoms with Crippen LogP contribution in [-0.2, 0) is 0 Å². The first-order valence-corrected chi connectivity index (χ1v) is 5.51. The van der Waals surface area contributed by atoms with E-state index in [4.69, 9.17) is 0 Å². The van der Waals surface area contributed by atoms with Gasteiger partial charge in [0.15, 0.2) is 5.13 Å². The highest BCUT2D eigenvalue weighted by atomic mass is 32.1. The second-order valence-corrected chi connectivity index (χ2v) is 4.37. The first kappa shape index (κ1) is 8.97. The second-order valence-electron chi connectivity index (χ2n) is 3.53. The number of thiazole rings is 1. The molecule has 0 spiro atoms. The Balaban J connectivity index is 2.07. The van der Waals surface area contributed by atoms with Gasteiger partial charge in [-0.2, -0.15) is 0 Å². The van der Waals surface area contributed by atoms with Crippen LogP contribution in [0.25, 0.3) is 0 Å². The Bertz CT molecular complexity index is 278. The van der Waals surface area contributed by atoms with Gasteiger partial charge in [0.05, 0.1) is 5.69 Å². The van der Waals surface area contributed by atoms with E-state index in [1.807, 2.05) is 6.92 Å². The third-order valence-electron chi connectivity index (χ3n) is 2.49. The van der Waals surface area contributed by atoms with Gasteiger partial charge in [0.2, 0.25) is 0 Å². The number of rotatable bonds is 2. The van der Waals surface area contributed by atoms with Gasteiger partial charge in [-0.15, -0.1) is 11.3 Å². The van der Waals surface area contributed by atoms with Crippen molar-refractivity contribution >= 4 is 16.5 Å². The zero-order valence-electron chi connectivity index (χ0n) is 8.08. The van der Waals surface area contributed by atoms with E-state index < -0.39 is 0 Å². The Labute approximate surface area is 82.8 Å². The predicted molar refractivity (Wildman–Crippen MR) is 56.5 cm³/mol. The van der Waals surface area contributed by atoms with E-state index in [2.05, 4.69) is 27.6 Å². The summed E-state index contributed by atoms with van der Waals surface area (Å²) in [5.74, 6) is 0. The van der Waals surface area contributed by atoms with E-state index in [-0.39, 0.29) is 0 Å². The summed E-state index contributed by atoms with van der Waals surface area (Å²) in [7, 11) is 2.13. The normalized spacial score (nSPS) is 22.2. The molecular formula is C9H15N3S. The maximum atomic E-state index is 4.47. The van der Waals surface area contributed by atoms with E-state index in [0.29, 0.717) is 6.04 Å². The molecule has 1 N–H and O–H groups in total. The zero-order chi connectivity index (χ0) is 9.26. The van der Waals surface area contributed by atoms with Gasteiger partial charge in [0, 0.05) is 25.0 Å². The van der Waals surface area contributed by atoms with E-state index >= 15 is 0 Å². The van der Waals surface area contributed by atoms with Crippen molar-refractivity contribution in [2.24, 2.45) is 0 Å². The summed E-state index contributed by atoms with van der Waals surface area (Å²) in [6.45, 7) is 4.27. The Kier molecular flexibility index (Phi) is 2.51. The SMILES string of the molecule is Cc1csc(N(C)C2CCNC2)n1. The Morgan fingerprint density at radius 2 is 2.54 bits per heavy atom. The number of likely N-dealkylation sites (N-methyl/N-ethyl adjacent to an activating group) is 1. The van der Waals surface area contributed by atoms with Gasteiger partial charge in [-0.25, -0.2) is 4.98 Å². The fourth-order valence-corrected chi connectivity index (χ4v) is 2.47. The summed E-state index contributed by atoms with van der Waals surface area (Å²) in [5.41, 5.74) is 1.12. The van der Waals surface area contributed by atoms with Gasteiger partial charge < -0.3 is 10.2 Å². The largest absolute Gasteiger partial charge is 0.347 e. The van der Waals surface area contributed by atoms with Crippen LogP contribution in [-0.4, -0.2) is 31.2 Å². The maximum Gasteiger partial charge on any atom is 0.185 e. The maximum absolute atomic E-state index is 4.47. The molecule has 0 bridgehead atoms. The number of hydrogen-bond donors (Lipinski definition) is 1. The highest BCUT2D eigenvalue weighted by Crippen LogP contribution is 2.22. The molecule has 0 aromatic carbocycles. The summed E-state index contributed by atoms with van der Waals surface area (Å²) in [6, 6.07) is 0.630. The number of hydrogen-bond acceptors (Lipinski definition) is 4. The molecule has 1 aromatic heterocycles. The smallest absolute Gasteiger partial charge is 0.185 e. The number of anilines is 1. The molecule has 1 atom stereocenters. The molecule has 4 heteroatoms. The Hall–Kier alpha value is -0.610. The lowest BCUT2D eigenvalue weighted by Gasteiger charge is -2.22. The molecular weight excluding hydrogens is 182 g/mol.